The van der Waals surface area contributed by atoms with Gasteiger partial charge >= 0.3 is 12.1 Å². The molecule has 2 rings (SSSR count). The maximum Gasteiger partial charge on any atom is 0.422 e. The van der Waals surface area contributed by atoms with Crippen molar-refractivity contribution in [3.63, 3.8) is 0 Å². The normalized spacial score (nSPS) is 12.5. The molecule has 0 spiro atoms. The highest BCUT2D eigenvalue weighted by atomic mass is 35.5. The Balaban J connectivity index is 2.13. The quantitative estimate of drug-likeness (QED) is 0.441. The Bertz CT molecular complexity index is 909. The Hall–Kier alpha value is -2.61. The second kappa shape index (κ2) is 11.3. The van der Waals surface area contributed by atoms with Gasteiger partial charge in [0.25, 0.3) is 0 Å². The van der Waals surface area contributed by atoms with Crippen LogP contribution < -0.4 is 5.43 Å². The molecule has 0 aromatic heterocycles. The van der Waals surface area contributed by atoms with E-state index in [1.807, 2.05) is 48.5 Å². The topological polar surface area (TPSA) is 88.1 Å². The summed E-state index contributed by atoms with van der Waals surface area (Å²) in [5, 5.41) is 12.3. The van der Waals surface area contributed by atoms with Crippen molar-refractivity contribution in [2.24, 2.45) is 0 Å². The Morgan fingerprint density at radius 3 is 2.31 bits per heavy atom. The van der Waals surface area contributed by atoms with Crippen LogP contribution in [0.5, 0.6) is 0 Å². The van der Waals surface area contributed by atoms with Gasteiger partial charge in [0.1, 0.15) is 5.60 Å². The van der Waals surface area contributed by atoms with Gasteiger partial charge in [0.2, 0.25) is 0 Å². The predicted molar refractivity (Wildman–Crippen MR) is 124 cm³/mol. The van der Waals surface area contributed by atoms with E-state index in [1.54, 1.807) is 34.6 Å². The Morgan fingerprint density at radius 1 is 1.09 bits per heavy atom. The molecule has 0 unspecified atom stereocenters. The number of ether oxygens (including phenoxy) is 2. The molecule has 0 aliphatic carbocycles. The third-order valence-electron chi connectivity index (χ3n) is 4.15. The van der Waals surface area contributed by atoms with Gasteiger partial charge in [-0.25, -0.2) is 14.6 Å². The summed E-state index contributed by atoms with van der Waals surface area (Å²) in [5.74, 6) is -0.757. The number of aliphatic hydroxyl groups is 1. The maximum absolute atomic E-state index is 12.3. The average Bonchev–Trinajstić information content (AvgIpc) is 2.66. The van der Waals surface area contributed by atoms with Crippen molar-refractivity contribution < 1.29 is 24.2 Å². The van der Waals surface area contributed by atoms with E-state index in [4.69, 9.17) is 21.1 Å². The molecular weight excluding hydrogens is 432 g/mol. The van der Waals surface area contributed by atoms with Gasteiger partial charge in [-0.15, -0.1) is 0 Å². The zero-order valence-corrected chi connectivity index (χ0v) is 19.8. The van der Waals surface area contributed by atoms with Gasteiger partial charge in [0.05, 0.1) is 12.6 Å². The van der Waals surface area contributed by atoms with E-state index in [2.05, 4.69) is 5.43 Å². The van der Waals surface area contributed by atoms with Crippen LogP contribution in [0.15, 0.2) is 48.5 Å². The summed E-state index contributed by atoms with van der Waals surface area (Å²) in [4.78, 5) is 24.3. The Kier molecular flexibility index (Phi) is 9.07. The Morgan fingerprint density at radius 2 is 1.75 bits per heavy atom. The van der Waals surface area contributed by atoms with E-state index < -0.39 is 23.8 Å². The second-order valence-electron chi connectivity index (χ2n) is 8.70. The molecule has 7 nitrogen and oxygen atoms in total. The summed E-state index contributed by atoms with van der Waals surface area (Å²) < 4.78 is 10.4. The van der Waals surface area contributed by atoms with Gasteiger partial charge in [-0.1, -0.05) is 48.0 Å². The van der Waals surface area contributed by atoms with E-state index in [1.165, 1.54) is 5.01 Å². The molecule has 0 radical (unpaired) electrons. The SMILES string of the molecule is CC(C)OC(=O)[C@@H](O)CN(Cc1ccc(-c2cccc(Cl)c2)cc1)NC(=O)OC(C)(C)C. The number of esters is 1. The fourth-order valence-corrected chi connectivity index (χ4v) is 3.06. The molecule has 32 heavy (non-hydrogen) atoms. The lowest BCUT2D eigenvalue weighted by Gasteiger charge is -2.27. The predicted octanol–water partition coefficient (Wildman–Crippen LogP) is 4.56. The van der Waals surface area contributed by atoms with Gasteiger partial charge in [-0.05, 0) is 63.4 Å². The standard InChI is InChI=1S/C24H31ClN2O5/c1-16(2)31-22(29)21(28)15-27(26-23(30)32-24(3,4)5)14-17-9-11-18(12-10-17)19-7-6-8-20(25)13-19/h6-13,16,21,28H,14-15H2,1-5H3,(H,26,30)/t21-/m0/s1. The lowest BCUT2D eigenvalue weighted by molar-refractivity contribution is -0.159. The average molecular weight is 463 g/mol. The van der Waals surface area contributed by atoms with E-state index in [-0.39, 0.29) is 19.2 Å². The van der Waals surface area contributed by atoms with Crippen molar-refractivity contribution in [3.05, 3.63) is 59.1 Å². The van der Waals surface area contributed by atoms with Gasteiger partial charge in [0, 0.05) is 11.6 Å². The number of rotatable bonds is 8. The monoisotopic (exact) mass is 462 g/mol. The zero-order valence-electron chi connectivity index (χ0n) is 19.1. The van der Waals surface area contributed by atoms with Gasteiger partial charge in [-0.2, -0.15) is 0 Å². The van der Waals surface area contributed by atoms with E-state index in [0.717, 1.165) is 16.7 Å². The molecule has 2 N–H and O–H groups in total. The van der Waals surface area contributed by atoms with Crippen molar-refractivity contribution in [3.8, 4) is 11.1 Å². The number of nitrogens with one attached hydrogen (secondary N) is 1. The minimum atomic E-state index is -1.43. The van der Waals surface area contributed by atoms with Crippen molar-refractivity contribution in [1.29, 1.82) is 0 Å². The van der Waals surface area contributed by atoms with Crippen LogP contribution in [-0.4, -0.2) is 46.5 Å². The van der Waals surface area contributed by atoms with Crippen LogP contribution in [0.3, 0.4) is 0 Å². The highest BCUT2D eigenvalue weighted by Gasteiger charge is 2.24. The van der Waals surface area contributed by atoms with E-state index in [9.17, 15) is 14.7 Å². The summed E-state index contributed by atoms with van der Waals surface area (Å²) in [6.07, 6.45) is -2.47. The smallest absolute Gasteiger partial charge is 0.422 e. The second-order valence-corrected chi connectivity index (χ2v) is 9.14. The largest absolute Gasteiger partial charge is 0.461 e. The third-order valence-corrected chi connectivity index (χ3v) is 4.39. The lowest BCUT2D eigenvalue weighted by atomic mass is 10.0. The fraction of sp³-hybridized carbons (Fsp3) is 0.417. The Labute approximate surface area is 194 Å². The molecule has 0 saturated carbocycles. The number of benzene rings is 2. The molecule has 0 heterocycles. The molecule has 0 aliphatic rings. The molecule has 174 valence electrons. The number of nitrogens with zero attached hydrogens (tertiary/aromatic N) is 1. The first-order valence-corrected chi connectivity index (χ1v) is 10.8. The molecular formula is C24H31ClN2O5. The number of carbonyl (C=O) groups excluding carboxylic acids is 2. The molecule has 0 bridgehead atoms. The summed E-state index contributed by atoms with van der Waals surface area (Å²) in [6, 6.07) is 15.2. The summed E-state index contributed by atoms with van der Waals surface area (Å²) in [6.45, 7) is 8.72. The molecule has 0 saturated heterocycles. The summed E-state index contributed by atoms with van der Waals surface area (Å²) >= 11 is 6.07. The van der Waals surface area contributed by atoms with Crippen LogP contribution in [0.1, 0.15) is 40.2 Å². The zero-order chi connectivity index (χ0) is 23.9. The molecule has 8 heteroatoms. The maximum atomic E-state index is 12.3. The highest BCUT2D eigenvalue weighted by molar-refractivity contribution is 6.30. The van der Waals surface area contributed by atoms with Crippen LogP contribution in [0, 0.1) is 0 Å². The van der Waals surface area contributed by atoms with Crippen LogP contribution in [0.4, 0.5) is 4.79 Å². The highest BCUT2D eigenvalue weighted by Crippen LogP contribution is 2.23. The van der Waals surface area contributed by atoms with Crippen LogP contribution in [0.2, 0.25) is 5.02 Å². The van der Waals surface area contributed by atoms with Crippen molar-refractivity contribution in [1.82, 2.24) is 10.4 Å². The molecule has 2 aromatic rings. The van der Waals surface area contributed by atoms with Crippen LogP contribution >= 0.6 is 11.6 Å². The molecule has 0 aliphatic heterocycles. The number of hydrazine groups is 1. The number of halogens is 1. The van der Waals surface area contributed by atoms with Crippen LogP contribution in [0.25, 0.3) is 11.1 Å². The lowest BCUT2D eigenvalue weighted by Crippen LogP contribution is -2.49. The number of aliphatic hydroxyl groups excluding tert-OH is 1. The molecule has 1 amide bonds. The van der Waals surface area contributed by atoms with Crippen molar-refractivity contribution >= 4 is 23.7 Å². The number of hydrogen-bond donors (Lipinski definition) is 2. The van der Waals surface area contributed by atoms with Gasteiger partial charge < -0.3 is 14.6 Å². The third kappa shape index (κ3) is 8.86. The van der Waals surface area contributed by atoms with Crippen molar-refractivity contribution in [2.45, 2.75) is 59.0 Å². The van der Waals surface area contributed by atoms with E-state index >= 15 is 0 Å². The fourth-order valence-electron chi connectivity index (χ4n) is 2.86. The van der Waals surface area contributed by atoms with Crippen molar-refractivity contribution in [2.75, 3.05) is 6.54 Å². The number of hydrogen-bond acceptors (Lipinski definition) is 6. The molecule has 1 atom stereocenters. The first-order chi connectivity index (χ1) is 14.9. The first kappa shape index (κ1) is 25.6. The molecule has 0 fully saturated rings. The minimum Gasteiger partial charge on any atom is -0.461 e. The number of amides is 1. The van der Waals surface area contributed by atoms with Gasteiger partial charge in [-0.3, -0.25) is 5.43 Å². The van der Waals surface area contributed by atoms with Crippen LogP contribution in [-0.2, 0) is 20.8 Å². The summed E-state index contributed by atoms with van der Waals surface area (Å²) in [5.41, 5.74) is 4.74. The van der Waals surface area contributed by atoms with E-state index in [0.29, 0.717) is 5.02 Å². The molecule has 2 aromatic carbocycles. The summed E-state index contributed by atoms with van der Waals surface area (Å²) in [7, 11) is 0. The minimum absolute atomic E-state index is 0.166. The number of carbonyl (C=O) groups is 2. The first-order valence-electron chi connectivity index (χ1n) is 10.4. The van der Waals surface area contributed by atoms with Gasteiger partial charge in [0.15, 0.2) is 6.10 Å².